The topological polar surface area (TPSA) is 76.7 Å². The van der Waals surface area contributed by atoms with Crippen LogP contribution in [0.5, 0.6) is 0 Å². The van der Waals surface area contributed by atoms with Gasteiger partial charge in [-0.3, -0.25) is 0 Å². The quantitative estimate of drug-likeness (QED) is 0.739. The van der Waals surface area contributed by atoms with Crippen LogP contribution < -0.4 is 10.9 Å². The highest BCUT2D eigenvalue weighted by Gasteiger charge is 2.04. The first-order valence-electron chi connectivity index (χ1n) is 4.53. The van der Waals surface area contributed by atoms with E-state index in [1.165, 1.54) is 7.11 Å². The van der Waals surface area contributed by atoms with Crippen molar-refractivity contribution < 1.29 is 19.1 Å². The number of hydrogen-bond acceptors (Lipinski definition) is 4. The third kappa shape index (κ3) is 4.32. The third-order valence-corrected chi connectivity index (χ3v) is 1.66. The molecule has 6 heteroatoms. The Balaban J connectivity index is 2.23. The number of hydrazine groups is 1. The lowest BCUT2D eigenvalue weighted by Crippen LogP contribution is -2.41. The number of rotatable bonds is 2. The first-order valence-corrected chi connectivity index (χ1v) is 4.53. The lowest BCUT2D eigenvalue weighted by molar-refractivity contribution is 0.128. The predicted octanol–water partition coefficient (Wildman–Crippen LogP) is 1.18. The molecule has 0 radical (unpaired) electrons. The molecule has 0 saturated carbocycles. The largest absolute Gasteiger partial charge is 0.452 e. The molecule has 2 amide bonds. The summed E-state index contributed by atoms with van der Waals surface area (Å²) < 4.78 is 9.05. The number of carbonyl (C=O) groups is 2. The Morgan fingerprint density at radius 1 is 1.12 bits per heavy atom. The summed E-state index contributed by atoms with van der Waals surface area (Å²) in [5, 5.41) is 0. The number of benzene rings is 1. The summed E-state index contributed by atoms with van der Waals surface area (Å²) in [5.74, 6) is 0. The van der Waals surface area contributed by atoms with Gasteiger partial charge in [-0.1, -0.05) is 30.3 Å². The number of hydrogen-bond donors (Lipinski definition) is 2. The van der Waals surface area contributed by atoms with Gasteiger partial charge < -0.3 is 9.47 Å². The second kappa shape index (κ2) is 6.28. The minimum Gasteiger partial charge on any atom is -0.452 e. The third-order valence-electron chi connectivity index (χ3n) is 1.66. The van der Waals surface area contributed by atoms with Crippen molar-refractivity contribution in [3.8, 4) is 0 Å². The molecular formula is C10H12N2O4. The fraction of sp³-hybridized carbons (Fsp3) is 0.200. The fourth-order valence-corrected chi connectivity index (χ4v) is 0.912. The Morgan fingerprint density at radius 3 is 2.38 bits per heavy atom. The van der Waals surface area contributed by atoms with E-state index in [4.69, 9.17) is 4.74 Å². The zero-order valence-electron chi connectivity index (χ0n) is 8.73. The molecule has 0 saturated heterocycles. The highest BCUT2D eigenvalue weighted by molar-refractivity contribution is 5.73. The smallest absolute Gasteiger partial charge is 0.426 e. The van der Waals surface area contributed by atoms with E-state index in [0.717, 1.165) is 5.56 Å². The fourth-order valence-electron chi connectivity index (χ4n) is 0.912. The predicted molar refractivity (Wildman–Crippen MR) is 55.3 cm³/mol. The van der Waals surface area contributed by atoms with E-state index in [-0.39, 0.29) is 6.61 Å². The molecule has 0 aliphatic heterocycles. The number of ether oxygens (including phenoxy) is 2. The van der Waals surface area contributed by atoms with E-state index < -0.39 is 12.2 Å². The van der Waals surface area contributed by atoms with E-state index in [2.05, 4.69) is 4.74 Å². The maximum absolute atomic E-state index is 11.0. The normalized spacial score (nSPS) is 9.06. The highest BCUT2D eigenvalue weighted by atomic mass is 16.6. The van der Waals surface area contributed by atoms with E-state index in [0.29, 0.717) is 0 Å². The standard InChI is InChI=1S/C10H12N2O4/c1-15-9(13)11-12-10(14)16-7-8-5-3-2-4-6-8/h2-6H,7H2,1H3,(H,11,13)(H,12,14). The number of nitrogens with one attached hydrogen (secondary N) is 2. The Morgan fingerprint density at radius 2 is 1.75 bits per heavy atom. The highest BCUT2D eigenvalue weighted by Crippen LogP contribution is 1.99. The van der Waals surface area contributed by atoms with Crippen LogP contribution in [0.1, 0.15) is 5.56 Å². The van der Waals surface area contributed by atoms with Gasteiger partial charge in [0.1, 0.15) is 6.61 Å². The molecule has 1 aromatic rings. The van der Waals surface area contributed by atoms with E-state index >= 15 is 0 Å². The molecule has 0 aliphatic carbocycles. The summed E-state index contributed by atoms with van der Waals surface area (Å²) in [7, 11) is 1.19. The van der Waals surface area contributed by atoms with Gasteiger partial charge in [-0.15, -0.1) is 0 Å². The maximum atomic E-state index is 11.0. The minimum atomic E-state index is -0.767. The average Bonchev–Trinajstić information content (AvgIpc) is 2.34. The van der Waals surface area contributed by atoms with E-state index in [9.17, 15) is 9.59 Å². The zero-order chi connectivity index (χ0) is 11.8. The van der Waals surface area contributed by atoms with Gasteiger partial charge in [0.15, 0.2) is 0 Å². The van der Waals surface area contributed by atoms with Crippen LogP contribution in [0, 0.1) is 0 Å². The van der Waals surface area contributed by atoms with Crippen LogP contribution in [0.4, 0.5) is 9.59 Å². The molecule has 2 N–H and O–H groups in total. The molecule has 0 bridgehead atoms. The molecule has 0 atom stereocenters. The summed E-state index contributed by atoms with van der Waals surface area (Å²) in [6.45, 7) is 0.134. The van der Waals surface area contributed by atoms with Crippen LogP contribution in [0.2, 0.25) is 0 Å². The molecule has 0 fully saturated rings. The van der Waals surface area contributed by atoms with Gasteiger partial charge in [0, 0.05) is 0 Å². The molecular weight excluding hydrogens is 212 g/mol. The van der Waals surface area contributed by atoms with Crippen molar-refractivity contribution in [1.82, 2.24) is 10.9 Å². The van der Waals surface area contributed by atoms with Crippen molar-refractivity contribution in [2.75, 3.05) is 7.11 Å². The van der Waals surface area contributed by atoms with Crippen LogP contribution in [0.3, 0.4) is 0 Å². The van der Waals surface area contributed by atoms with Crippen LogP contribution in [0.25, 0.3) is 0 Å². The summed E-state index contributed by atoms with van der Waals surface area (Å²) in [6.07, 6.45) is -1.52. The molecule has 86 valence electrons. The molecule has 0 spiro atoms. The van der Waals surface area contributed by atoms with Crippen LogP contribution in [-0.2, 0) is 16.1 Å². The van der Waals surface area contributed by atoms with Crippen molar-refractivity contribution >= 4 is 12.2 Å². The van der Waals surface area contributed by atoms with Crippen molar-refractivity contribution in [3.63, 3.8) is 0 Å². The van der Waals surface area contributed by atoms with Gasteiger partial charge in [-0.05, 0) is 5.56 Å². The molecule has 1 rings (SSSR count). The number of methoxy groups -OCH3 is 1. The summed E-state index contributed by atoms with van der Waals surface area (Å²) in [6, 6.07) is 9.18. The summed E-state index contributed by atoms with van der Waals surface area (Å²) in [5.41, 5.74) is 4.86. The maximum Gasteiger partial charge on any atom is 0.426 e. The zero-order valence-corrected chi connectivity index (χ0v) is 8.73. The molecule has 0 heterocycles. The van der Waals surface area contributed by atoms with Gasteiger partial charge in [-0.2, -0.15) is 0 Å². The van der Waals surface area contributed by atoms with Gasteiger partial charge in [0.05, 0.1) is 7.11 Å². The van der Waals surface area contributed by atoms with Crippen molar-refractivity contribution in [2.24, 2.45) is 0 Å². The first-order chi connectivity index (χ1) is 7.72. The Kier molecular flexibility index (Phi) is 4.65. The molecule has 0 aliphatic rings. The summed E-state index contributed by atoms with van der Waals surface area (Å²) >= 11 is 0. The lowest BCUT2D eigenvalue weighted by atomic mass is 10.2. The van der Waals surface area contributed by atoms with E-state index in [1.807, 2.05) is 41.2 Å². The molecule has 16 heavy (non-hydrogen) atoms. The molecule has 0 aromatic heterocycles. The Bertz CT molecular complexity index is 353. The van der Waals surface area contributed by atoms with Gasteiger partial charge >= 0.3 is 12.2 Å². The van der Waals surface area contributed by atoms with E-state index in [1.54, 1.807) is 0 Å². The molecule has 0 unspecified atom stereocenters. The Labute approximate surface area is 92.5 Å². The van der Waals surface area contributed by atoms with Crippen LogP contribution in [0.15, 0.2) is 30.3 Å². The van der Waals surface area contributed by atoms with Crippen molar-refractivity contribution in [2.45, 2.75) is 6.61 Å². The van der Waals surface area contributed by atoms with Gasteiger partial charge in [0.2, 0.25) is 0 Å². The van der Waals surface area contributed by atoms with Crippen molar-refractivity contribution in [1.29, 1.82) is 0 Å². The second-order valence-corrected chi connectivity index (χ2v) is 2.80. The van der Waals surface area contributed by atoms with Crippen molar-refractivity contribution in [3.05, 3.63) is 35.9 Å². The molecule has 6 nitrogen and oxygen atoms in total. The summed E-state index contributed by atoms with van der Waals surface area (Å²) in [4.78, 5) is 21.6. The van der Waals surface area contributed by atoms with Gasteiger partial charge in [-0.25, -0.2) is 20.4 Å². The molecule has 1 aromatic carbocycles. The van der Waals surface area contributed by atoms with Crippen LogP contribution >= 0.6 is 0 Å². The average molecular weight is 224 g/mol. The van der Waals surface area contributed by atoms with Gasteiger partial charge in [0.25, 0.3) is 0 Å². The minimum absolute atomic E-state index is 0.134. The SMILES string of the molecule is COC(=O)NNC(=O)OCc1ccccc1. The Hall–Kier alpha value is -2.24. The van der Waals surface area contributed by atoms with Crippen LogP contribution in [-0.4, -0.2) is 19.3 Å². The number of amides is 2. The first kappa shape index (κ1) is 11.8. The lowest BCUT2D eigenvalue weighted by Gasteiger charge is -2.07. The number of carbonyl (C=O) groups excluding carboxylic acids is 2. The monoisotopic (exact) mass is 224 g/mol. The second-order valence-electron chi connectivity index (χ2n) is 2.80.